The molecule has 3 N–H and O–H groups in total. The lowest BCUT2D eigenvalue weighted by molar-refractivity contribution is -0.0948. The molecule has 13 heteroatoms. The van der Waals surface area contributed by atoms with Crippen LogP contribution in [0, 0.1) is 11.7 Å². The summed E-state index contributed by atoms with van der Waals surface area (Å²) in [6.07, 6.45) is 1.69. The first-order valence-electron chi connectivity index (χ1n) is 9.95. The molecule has 2 aliphatic rings. The number of aromatic nitrogens is 2. The molecule has 1 aliphatic carbocycles. The first-order chi connectivity index (χ1) is 15.1. The average molecular weight is 492 g/mol. The summed E-state index contributed by atoms with van der Waals surface area (Å²) in [4.78, 5) is 6.68. The minimum absolute atomic E-state index is 0.0548. The first-order valence-corrected chi connectivity index (χ1v) is 11.8. The first kappa shape index (κ1) is 23.0. The topological polar surface area (TPSA) is 105 Å². The zero-order chi connectivity index (χ0) is 22.9. The fourth-order valence-electron chi connectivity index (χ4n) is 4.04. The Balaban J connectivity index is 1.58. The van der Waals surface area contributed by atoms with Gasteiger partial charge in [-0.05, 0) is 25.0 Å². The third kappa shape index (κ3) is 5.08. The van der Waals surface area contributed by atoms with Gasteiger partial charge in [-0.3, -0.25) is 15.6 Å². The van der Waals surface area contributed by atoms with Gasteiger partial charge in [0.15, 0.2) is 0 Å². The molecule has 1 saturated heterocycles. The lowest BCUT2D eigenvalue weighted by atomic mass is 9.79. The Kier molecular flexibility index (Phi) is 6.48. The highest BCUT2D eigenvalue weighted by Crippen LogP contribution is 2.42. The second-order valence-electron chi connectivity index (χ2n) is 7.80. The number of hydrazine groups is 1. The van der Waals surface area contributed by atoms with Gasteiger partial charge in [-0.2, -0.15) is 0 Å². The van der Waals surface area contributed by atoms with Crippen molar-refractivity contribution in [3.05, 3.63) is 41.6 Å². The largest absolute Gasteiger partial charge is 0.488 e. The van der Waals surface area contributed by atoms with Crippen LogP contribution in [0.4, 0.5) is 19.0 Å². The van der Waals surface area contributed by atoms with Crippen LogP contribution in [0.25, 0.3) is 0 Å². The Hall–Kier alpha value is -2.15. The van der Waals surface area contributed by atoms with Crippen molar-refractivity contribution in [2.45, 2.75) is 48.6 Å². The number of alkyl halides is 2. The summed E-state index contributed by atoms with van der Waals surface area (Å²) >= 11 is 6.18. The molecule has 1 unspecified atom stereocenters. The summed E-state index contributed by atoms with van der Waals surface area (Å²) in [5.41, 5.74) is 6.05. The van der Waals surface area contributed by atoms with E-state index in [1.807, 2.05) is 0 Å². The number of anilines is 1. The molecule has 1 aromatic carbocycles. The molecule has 2 aromatic rings. The highest BCUT2D eigenvalue weighted by molar-refractivity contribution is 7.92. The van der Waals surface area contributed by atoms with Gasteiger partial charge in [-0.1, -0.05) is 11.6 Å². The molecule has 1 aromatic heterocycles. The smallest absolute Gasteiger partial charge is 0.266 e. The van der Waals surface area contributed by atoms with Crippen molar-refractivity contribution >= 4 is 27.4 Å². The summed E-state index contributed by atoms with van der Waals surface area (Å²) in [5.74, 6) is -4.54. The van der Waals surface area contributed by atoms with Crippen molar-refractivity contribution in [2.75, 3.05) is 11.3 Å². The second-order valence-corrected chi connectivity index (χ2v) is 9.86. The molecule has 3 atom stereocenters. The minimum atomic E-state index is -4.35. The van der Waals surface area contributed by atoms with E-state index in [0.29, 0.717) is 6.54 Å². The summed E-state index contributed by atoms with van der Waals surface area (Å²) < 4.78 is 76.0. The Morgan fingerprint density at radius 3 is 2.78 bits per heavy atom. The van der Waals surface area contributed by atoms with Crippen LogP contribution in [-0.4, -0.2) is 43.0 Å². The quantitative estimate of drug-likeness (QED) is 0.570. The normalized spacial score (nSPS) is 25.4. The molecular formula is C19H21ClF3N5O3S. The van der Waals surface area contributed by atoms with Crippen molar-refractivity contribution in [1.29, 1.82) is 0 Å². The van der Waals surface area contributed by atoms with Gasteiger partial charge in [0.1, 0.15) is 34.7 Å². The number of hydrogen-bond donors (Lipinski definition) is 3. The lowest BCUT2D eigenvalue weighted by Crippen LogP contribution is -2.48. The Bertz CT molecular complexity index is 1070. The van der Waals surface area contributed by atoms with E-state index < -0.39 is 39.2 Å². The molecule has 0 spiro atoms. The van der Waals surface area contributed by atoms with Crippen LogP contribution in [0.1, 0.15) is 25.7 Å². The number of rotatable bonds is 6. The van der Waals surface area contributed by atoms with Gasteiger partial charge < -0.3 is 4.74 Å². The molecule has 4 rings (SSSR count). The van der Waals surface area contributed by atoms with E-state index in [9.17, 15) is 21.6 Å². The van der Waals surface area contributed by atoms with Gasteiger partial charge in [0, 0.05) is 43.6 Å². The van der Waals surface area contributed by atoms with Crippen LogP contribution in [0.15, 0.2) is 35.6 Å². The summed E-state index contributed by atoms with van der Waals surface area (Å²) in [6, 6.07) is 2.92. The van der Waals surface area contributed by atoms with Crippen LogP contribution < -0.4 is 20.3 Å². The molecule has 174 valence electrons. The van der Waals surface area contributed by atoms with Crippen LogP contribution in [0.5, 0.6) is 5.75 Å². The molecule has 32 heavy (non-hydrogen) atoms. The second kappa shape index (κ2) is 9.00. The zero-order valence-electron chi connectivity index (χ0n) is 16.7. The van der Waals surface area contributed by atoms with Crippen molar-refractivity contribution in [3.63, 3.8) is 0 Å². The van der Waals surface area contributed by atoms with Crippen LogP contribution in [0.3, 0.4) is 0 Å². The van der Waals surface area contributed by atoms with E-state index in [1.165, 1.54) is 12.3 Å². The van der Waals surface area contributed by atoms with Crippen LogP contribution >= 0.6 is 11.6 Å². The molecule has 0 radical (unpaired) electrons. The standard InChI is InChI=1S/C19H21ClF3N5O3S/c20-12-7-17(32(29,30)28-18-3-5-24-10-25-18)13(21)8-15(12)31-16-9-19(22,23)4-1-11(16)14-2-6-26-27-14/h3,5,7-8,10-11,14,16,26-27H,1-2,4,6,9H2,(H,24,25,28)/t11-,14?,16+/m1/s1. The summed E-state index contributed by atoms with van der Waals surface area (Å²) in [7, 11) is -4.35. The maximum Gasteiger partial charge on any atom is 0.266 e. The Morgan fingerprint density at radius 2 is 2.09 bits per heavy atom. The molecule has 2 heterocycles. The van der Waals surface area contributed by atoms with Gasteiger partial charge >= 0.3 is 0 Å². The van der Waals surface area contributed by atoms with E-state index in [2.05, 4.69) is 25.5 Å². The van der Waals surface area contributed by atoms with Crippen molar-refractivity contribution in [3.8, 4) is 5.75 Å². The van der Waals surface area contributed by atoms with Gasteiger partial charge in [-0.15, -0.1) is 0 Å². The number of ether oxygens (including phenoxy) is 1. The molecule has 2 fully saturated rings. The summed E-state index contributed by atoms with van der Waals surface area (Å²) in [6.45, 7) is 0.700. The monoisotopic (exact) mass is 491 g/mol. The third-order valence-corrected chi connectivity index (χ3v) is 7.25. The van der Waals surface area contributed by atoms with Crippen molar-refractivity contribution in [2.24, 2.45) is 5.92 Å². The summed E-state index contributed by atoms with van der Waals surface area (Å²) in [5, 5.41) is -0.209. The fourth-order valence-corrected chi connectivity index (χ4v) is 5.41. The Morgan fingerprint density at radius 1 is 1.28 bits per heavy atom. The SMILES string of the molecule is O=S(=O)(Nc1ccncn1)c1cc(Cl)c(O[C@H]2CC(F)(F)CC[C@@H]2C2CCNN2)cc1F. The molecule has 0 amide bonds. The number of hydrogen-bond acceptors (Lipinski definition) is 7. The minimum Gasteiger partial charge on any atom is -0.488 e. The maximum atomic E-state index is 14.8. The van der Waals surface area contributed by atoms with Crippen molar-refractivity contribution in [1.82, 2.24) is 20.8 Å². The number of sulfonamides is 1. The van der Waals surface area contributed by atoms with Crippen LogP contribution in [-0.2, 0) is 10.0 Å². The van der Waals surface area contributed by atoms with E-state index >= 15 is 0 Å². The van der Waals surface area contributed by atoms with Crippen LogP contribution in [0.2, 0.25) is 5.02 Å². The van der Waals surface area contributed by atoms with E-state index in [1.54, 1.807) is 0 Å². The lowest BCUT2D eigenvalue weighted by Gasteiger charge is -2.38. The average Bonchev–Trinajstić information content (AvgIpc) is 3.25. The third-order valence-electron chi connectivity index (χ3n) is 5.58. The number of nitrogens with one attached hydrogen (secondary N) is 3. The molecular weight excluding hydrogens is 471 g/mol. The van der Waals surface area contributed by atoms with Gasteiger partial charge in [-0.25, -0.2) is 31.6 Å². The van der Waals surface area contributed by atoms with E-state index in [4.69, 9.17) is 16.3 Å². The molecule has 8 nitrogen and oxygen atoms in total. The van der Waals surface area contributed by atoms with Gasteiger partial charge in [0.05, 0.1) is 5.02 Å². The fraction of sp³-hybridized carbons (Fsp3) is 0.474. The van der Waals surface area contributed by atoms with E-state index in [0.717, 1.165) is 24.9 Å². The van der Waals surface area contributed by atoms with Gasteiger partial charge in [0.2, 0.25) is 0 Å². The number of halogens is 4. The molecule has 1 aliphatic heterocycles. The van der Waals surface area contributed by atoms with Crippen molar-refractivity contribution < 1.29 is 26.3 Å². The highest BCUT2D eigenvalue weighted by atomic mass is 35.5. The Labute approximate surface area is 187 Å². The van der Waals surface area contributed by atoms with E-state index in [-0.39, 0.29) is 41.4 Å². The predicted molar refractivity (Wildman–Crippen MR) is 110 cm³/mol. The zero-order valence-corrected chi connectivity index (χ0v) is 18.3. The molecule has 0 bridgehead atoms. The molecule has 1 saturated carbocycles. The predicted octanol–water partition coefficient (Wildman–Crippen LogP) is 3.12. The number of nitrogens with zero attached hydrogens (tertiary/aromatic N) is 2. The maximum absolute atomic E-state index is 14.8. The number of benzene rings is 1. The highest BCUT2D eigenvalue weighted by Gasteiger charge is 2.46. The van der Waals surface area contributed by atoms with Gasteiger partial charge in [0.25, 0.3) is 15.9 Å².